The fourth-order valence-electron chi connectivity index (χ4n) is 3.80. The molecule has 0 bridgehead atoms. The van der Waals surface area contributed by atoms with Crippen LogP contribution in [-0.2, 0) is 23.4 Å². The van der Waals surface area contributed by atoms with Gasteiger partial charge in [0.15, 0.2) is 11.4 Å². The van der Waals surface area contributed by atoms with E-state index >= 15 is 0 Å². The number of carbonyl (C=O) groups excluding carboxylic acids is 2. The minimum Gasteiger partial charge on any atom is -0.494 e. The second-order valence-corrected chi connectivity index (χ2v) is 7.41. The number of aromatic hydroxyl groups is 1. The zero-order chi connectivity index (χ0) is 21.6. The van der Waals surface area contributed by atoms with Crippen LogP contribution in [0, 0.1) is 5.82 Å². The normalized spacial score (nSPS) is 18.4. The summed E-state index contributed by atoms with van der Waals surface area (Å²) in [5.41, 5.74) is -0.378. The first kappa shape index (κ1) is 18.8. The van der Waals surface area contributed by atoms with Crippen LogP contribution in [0.4, 0.5) is 9.18 Å². The van der Waals surface area contributed by atoms with Gasteiger partial charge in [0.25, 0.3) is 5.91 Å². The van der Waals surface area contributed by atoms with E-state index < -0.39 is 23.3 Å². The van der Waals surface area contributed by atoms with Crippen LogP contribution >= 0.6 is 0 Å². The number of aromatic nitrogens is 4. The first-order valence-electron chi connectivity index (χ1n) is 9.50. The molecule has 156 valence electrons. The third kappa shape index (κ3) is 3.18. The van der Waals surface area contributed by atoms with Crippen LogP contribution in [0.5, 0.6) is 5.88 Å². The number of rotatable bonds is 5. The number of benzene rings is 2. The van der Waals surface area contributed by atoms with Crippen LogP contribution in [0.3, 0.4) is 0 Å². The van der Waals surface area contributed by atoms with Gasteiger partial charge in [0.1, 0.15) is 11.5 Å². The van der Waals surface area contributed by atoms with Crippen molar-refractivity contribution >= 4 is 22.7 Å². The van der Waals surface area contributed by atoms with E-state index in [4.69, 9.17) is 0 Å². The third-order valence-corrected chi connectivity index (χ3v) is 5.34. The average molecular weight is 420 g/mol. The summed E-state index contributed by atoms with van der Waals surface area (Å²) < 4.78 is 16.5. The van der Waals surface area contributed by atoms with E-state index in [2.05, 4.69) is 20.9 Å². The van der Waals surface area contributed by atoms with Crippen LogP contribution in [0.15, 0.2) is 60.9 Å². The van der Waals surface area contributed by atoms with Crippen molar-refractivity contribution in [3.63, 3.8) is 0 Å². The van der Waals surface area contributed by atoms with Gasteiger partial charge in [0.2, 0.25) is 0 Å². The summed E-state index contributed by atoms with van der Waals surface area (Å²) in [6, 6.07) is 12.9. The molecule has 0 aliphatic carbocycles. The number of imide groups is 1. The lowest BCUT2D eigenvalue weighted by atomic mass is 9.96. The topological polar surface area (TPSA) is 114 Å². The lowest BCUT2D eigenvalue weighted by molar-refractivity contribution is -0.125. The van der Waals surface area contributed by atoms with Crippen molar-refractivity contribution in [1.29, 1.82) is 0 Å². The lowest BCUT2D eigenvalue weighted by Crippen LogP contribution is -2.47. The second kappa shape index (κ2) is 6.94. The van der Waals surface area contributed by atoms with Crippen molar-refractivity contribution in [3.05, 3.63) is 78.0 Å². The predicted octanol–water partition coefficient (Wildman–Crippen LogP) is 1.86. The van der Waals surface area contributed by atoms with E-state index in [1.807, 2.05) is 30.3 Å². The molecule has 0 unspecified atom stereocenters. The Morgan fingerprint density at radius 2 is 1.90 bits per heavy atom. The van der Waals surface area contributed by atoms with Crippen molar-refractivity contribution in [2.75, 3.05) is 0 Å². The van der Waals surface area contributed by atoms with E-state index in [-0.39, 0.29) is 18.1 Å². The van der Waals surface area contributed by atoms with Crippen molar-refractivity contribution < 1.29 is 19.1 Å². The summed E-state index contributed by atoms with van der Waals surface area (Å²) in [7, 11) is 0. The Bertz CT molecular complexity index is 1320. The Balaban J connectivity index is 1.53. The number of nitrogens with one attached hydrogen (secondary N) is 2. The summed E-state index contributed by atoms with van der Waals surface area (Å²) in [6.45, 7) is 0.272. The van der Waals surface area contributed by atoms with Gasteiger partial charge >= 0.3 is 6.03 Å². The summed E-state index contributed by atoms with van der Waals surface area (Å²) in [5.74, 6) is -1.34. The molecule has 3 N–H and O–H groups in total. The molecule has 0 radical (unpaired) electrons. The highest BCUT2D eigenvalue weighted by molar-refractivity contribution is 6.07. The second-order valence-electron chi connectivity index (χ2n) is 7.41. The number of urea groups is 1. The summed E-state index contributed by atoms with van der Waals surface area (Å²) in [6.07, 6.45) is 3.16. The molecule has 1 aliphatic heterocycles. The maximum absolute atomic E-state index is 13.6. The van der Waals surface area contributed by atoms with Crippen molar-refractivity contribution in [2.45, 2.75) is 18.6 Å². The Morgan fingerprint density at radius 1 is 1.10 bits per heavy atom. The first-order chi connectivity index (χ1) is 14.9. The van der Waals surface area contributed by atoms with Gasteiger partial charge in [-0.15, -0.1) is 5.10 Å². The zero-order valence-corrected chi connectivity index (χ0v) is 16.1. The molecule has 1 aliphatic rings. The van der Waals surface area contributed by atoms with Crippen molar-refractivity contribution in [3.8, 4) is 5.88 Å². The molecule has 5 rings (SSSR count). The van der Waals surface area contributed by atoms with Gasteiger partial charge in [-0.05, 0) is 23.8 Å². The van der Waals surface area contributed by atoms with Crippen molar-refractivity contribution in [2.24, 2.45) is 0 Å². The molecule has 31 heavy (non-hydrogen) atoms. The monoisotopic (exact) mass is 420 g/mol. The Morgan fingerprint density at radius 3 is 2.65 bits per heavy atom. The van der Waals surface area contributed by atoms with Crippen LogP contribution in [0.1, 0.15) is 11.3 Å². The van der Waals surface area contributed by atoms with Crippen LogP contribution < -0.4 is 10.6 Å². The molecular formula is C21H17FN6O3. The number of amides is 3. The molecule has 1 saturated heterocycles. The van der Waals surface area contributed by atoms with Crippen LogP contribution in [0.2, 0.25) is 0 Å². The number of hydrogen-bond donors (Lipinski definition) is 3. The summed E-state index contributed by atoms with van der Waals surface area (Å²) >= 11 is 0. The SMILES string of the molecule is O=C1NC(=O)[C@](Cn2cc3ccc(F)cc3c2O)(c2cn(Cc3ccccc3)nn2)N1. The average Bonchev–Trinajstić information content (AvgIpc) is 3.41. The van der Waals surface area contributed by atoms with E-state index in [0.29, 0.717) is 17.3 Å². The summed E-state index contributed by atoms with van der Waals surface area (Å²) in [4.78, 5) is 24.8. The largest absolute Gasteiger partial charge is 0.494 e. The molecule has 9 nitrogen and oxygen atoms in total. The van der Waals surface area contributed by atoms with Gasteiger partial charge in [-0.2, -0.15) is 0 Å². The number of halogens is 1. The van der Waals surface area contributed by atoms with Crippen molar-refractivity contribution in [1.82, 2.24) is 30.2 Å². The van der Waals surface area contributed by atoms with E-state index in [1.54, 1.807) is 17.1 Å². The maximum Gasteiger partial charge on any atom is 0.322 e. The third-order valence-electron chi connectivity index (χ3n) is 5.34. The number of nitrogens with zero attached hydrogens (tertiary/aromatic N) is 4. The Labute approximate surface area is 175 Å². The molecule has 1 fully saturated rings. The summed E-state index contributed by atoms with van der Waals surface area (Å²) in [5, 5.41) is 24.6. The molecule has 0 saturated carbocycles. The quantitative estimate of drug-likeness (QED) is 0.427. The van der Waals surface area contributed by atoms with Gasteiger partial charge in [0, 0.05) is 17.0 Å². The van der Waals surface area contributed by atoms with Crippen LogP contribution in [0.25, 0.3) is 10.8 Å². The standard InChI is InChI=1S/C21H17FN6O3/c22-15-7-6-14-10-27(18(29)16(14)8-15)12-21(19(30)23-20(31)24-21)17-11-28(26-25-17)9-13-4-2-1-3-5-13/h1-8,10-11,29H,9,12H2,(H2,23,24,30,31)/t21-/m0/s1. The highest BCUT2D eigenvalue weighted by Crippen LogP contribution is 2.32. The molecule has 2 aromatic heterocycles. The van der Waals surface area contributed by atoms with Crippen LogP contribution in [-0.4, -0.2) is 36.6 Å². The molecule has 3 heterocycles. The lowest BCUT2D eigenvalue weighted by Gasteiger charge is -2.24. The van der Waals surface area contributed by atoms with E-state index in [1.165, 1.54) is 22.8 Å². The minimum absolute atomic E-state index is 0.156. The maximum atomic E-state index is 13.6. The molecule has 10 heteroatoms. The van der Waals surface area contributed by atoms with Gasteiger partial charge < -0.3 is 15.0 Å². The van der Waals surface area contributed by atoms with E-state index in [0.717, 1.165) is 5.56 Å². The molecular weight excluding hydrogens is 403 g/mol. The molecule has 4 aromatic rings. The van der Waals surface area contributed by atoms with Gasteiger partial charge in [0.05, 0.1) is 19.3 Å². The minimum atomic E-state index is -1.59. The predicted molar refractivity (Wildman–Crippen MR) is 107 cm³/mol. The Hall–Kier alpha value is -4.21. The zero-order valence-electron chi connectivity index (χ0n) is 16.1. The van der Waals surface area contributed by atoms with Gasteiger partial charge in [-0.1, -0.05) is 35.5 Å². The molecule has 1 atom stereocenters. The highest BCUT2D eigenvalue weighted by atomic mass is 19.1. The number of fused-ring (bicyclic) bond motifs is 1. The van der Waals surface area contributed by atoms with E-state index in [9.17, 15) is 19.1 Å². The molecule has 2 aromatic carbocycles. The van der Waals surface area contributed by atoms with Gasteiger partial charge in [-0.25, -0.2) is 13.9 Å². The van der Waals surface area contributed by atoms with Gasteiger partial charge in [-0.3, -0.25) is 10.1 Å². The fraction of sp³-hybridized carbons (Fsp3) is 0.143. The number of hydrogen-bond acceptors (Lipinski definition) is 5. The molecule has 3 amide bonds. The smallest absolute Gasteiger partial charge is 0.322 e. The molecule has 0 spiro atoms. The number of carbonyl (C=O) groups is 2. The Kier molecular flexibility index (Phi) is 4.21. The highest BCUT2D eigenvalue weighted by Gasteiger charge is 2.50. The fourth-order valence-corrected chi connectivity index (χ4v) is 3.80. The first-order valence-corrected chi connectivity index (χ1v) is 9.50.